The van der Waals surface area contributed by atoms with Crippen LogP contribution in [0.25, 0.3) is 0 Å². The third-order valence-corrected chi connectivity index (χ3v) is 2.20. The summed E-state index contributed by atoms with van der Waals surface area (Å²) in [5, 5.41) is 0. The van der Waals surface area contributed by atoms with Crippen LogP contribution in [0, 0.1) is 6.92 Å². The molecule has 0 aromatic heterocycles. The molecule has 0 spiro atoms. The quantitative estimate of drug-likeness (QED) is 0.576. The second kappa shape index (κ2) is 4.80. The molecule has 0 saturated carbocycles. The molecule has 0 bridgehead atoms. The Morgan fingerprint density at radius 2 is 2.07 bits per heavy atom. The number of benzene rings is 1. The smallest absolute Gasteiger partial charge is 0.0884 e. The van der Waals surface area contributed by atoms with Crippen molar-refractivity contribution in [2.45, 2.75) is 33.6 Å². The molecule has 0 aliphatic carbocycles. The van der Waals surface area contributed by atoms with Crippen LogP contribution in [0.15, 0.2) is 17.1 Å². The van der Waals surface area contributed by atoms with E-state index in [-0.39, 0.29) is 0 Å². The van der Waals surface area contributed by atoms with Crippen LogP contribution in [0.2, 0.25) is 0 Å². The van der Waals surface area contributed by atoms with Crippen LogP contribution in [0.4, 0.5) is 11.4 Å². The summed E-state index contributed by atoms with van der Waals surface area (Å²) < 4.78 is 0. The van der Waals surface area contributed by atoms with E-state index in [1.54, 1.807) is 0 Å². The minimum atomic E-state index is 0.784. The van der Waals surface area contributed by atoms with E-state index in [9.17, 15) is 0 Å². The molecule has 1 aromatic carbocycles. The van der Waals surface area contributed by atoms with Gasteiger partial charge < -0.3 is 5.73 Å². The highest BCUT2D eigenvalue weighted by Gasteiger charge is 2.02. The topological polar surface area (TPSA) is 38.4 Å². The van der Waals surface area contributed by atoms with Crippen molar-refractivity contribution in [2.24, 2.45) is 4.99 Å². The monoisotopic (exact) mass is 190 g/mol. The summed E-state index contributed by atoms with van der Waals surface area (Å²) in [5.74, 6) is 0. The summed E-state index contributed by atoms with van der Waals surface area (Å²) in [7, 11) is 0. The molecular formula is C12H18N2. The van der Waals surface area contributed by atoms with Gasteiger partial charge in [0.2, 0.25) is 0 Å². The van der Waals surface area contributed by atoms with Crippen molar-refractivity contribution in [3.05, 3.63) is 23.3 Å². The molecule has 2 nitrogen and oxygen atoms in total. The minimum absolute atomic E-state index is 0.784. The average molecular weight is 190 g/mol. The number of aryl methyl sites for hydroxylation is 2. The Labute approximate surface area is 85.9 Å². The van der Waals surface area contributed by atoms with Crippen LogP contribution in [0.3, 0.4) is 0 Å². The molecule has 0 aliphatic heterocycles. The van der Waals surface area contributed by atoms with Crippen molar-refractivity contribution < 1.29 is 0 Å². The summed E-state index contributed by atoms with van der Waals surface area (Å²) >= 11 is 0. The van der Waals surface area contributed by atoms with Crippen LogP contribution in [0.5, 0.6) is 0 Å². The molecular weight excluding hydrogens is 172 g/mol. The number of anilines is 1. The molecule has 76 valence electrons. The largest absolute Gasteiger partial charge is 0.397 e. The second-order valence-electron chi connectivity index (χ2n) is 3.42. The number of aliphatic imine (C=N–C) groups is 1. The lowest BCUT2D eigenvalue weighted by Crippen LogP contribution is -1.92. The van der Waals surface area contributed by atoms with Gasteiger partial charge in [-0.2, -0.15) is 0 Å². The fourth-order valence-electron chi connectivity index (χ4n) is 1.45. The van der Waals surface area contributed by atoms with Gasteiger partial charge >= 0.3 is 0 Å². The van der Waals surface area contributed by atoms with Crippen LogP contribution in [-0.4, -0.2) is 6.21 Å². The molecule has 0 fully saturated rings. The zero-order chi connectivity index (χ0) is 10.6. The summed E-state index contributed by atoms with van der Waals surface area (Å²) in [6.07, 6.45) is 3.85. The maximum Gasteiger partial charge on any atom is 0.0884 e. The maximum atomic E-state index is 5.92. The Morgan fingerprint density at radius 3 is 2.57 bits per heavy atom. The van der Waals surface area contributed by atoms with Gasteiger partial charge in [0.15, 0.2) is 0 Å². The molecule has 1 aromatic rings. The number of nitrogens with two attached hydrogens (primary N) is 1. The predicted molar refractivity (Wildman–Crippen MR) is 63.4 cm³/mol. The molecule has 0 unspecified atom stereocenters. The molecule has 0 saturated heterocycles. The number of hydrogen-bond donors (Lipinski definition) is 1. The van der Waals surface area contributed by atoms with E-state index < -0.39 is 0 Å². The Hall–Kier alpha value is -1.31. The third kappa shape index (κ3) is 2.34. The van der Waals surface area contributed by atoms with Crippen molar-refractivity contribution in [1.29, 1.82) is 0 Å². The van der Waals surface area contributed by atoms with Crippen LogP contribution < -0.4 is 5.73 Å². The van der Waals surface area contributed by atoms with Gasteiger partial charge in [-0.1, -0.05) is 19.9 Å². The Morgan fingerprint density at radius 1 is 1.36 bits per heavy atom. The SMILES string of the molecule is CCC=Nc1c(C)cc(CC)cc1N. The first-order valence-corrected chi connectivity index (χ1v) is 5.10. The van der Waals surface area contributed by atoms with Crippen molar-refractivity contribution in [2.75, 3.05) is 5.73 Å². The fourth-order valence-corrected chi connectivity index (χ4v) is 1.45. The van der Waals surface area contributed by atoms with Crippen molar-refractivity contribution in [1.82, 2.24) is 0 Å². The average Bonchev–Trinajstić information content (AvgIpc) is 2.16. The van der Waals surface area contributed by atoms with Crippen molar-refractivity contribution in [3.63, 3.8) is 0 Å². The van der Waals surface area contributed by atoms with Crippen molar-refractivity contribution in [3.8, 4) is 0 Å². The molecule has 1 rings (SSSR count). The number of rotatable bonds is 3. The van der Waals surface area contributed by atoms with Crippen LogP contribution >= 0.6 is 0 Å². The molecule has 0 atom stereocenters. The highest BCUT2D eigenvalue weighted by molar-refractivity contribution is 5.74. The van der Waals surface area contributed by atoms with E-state index >= 15 is 0 Å². The minimum Gasteiger partial charge on any atom is -0.397 e. The Balaban J connectivity index is 3.11. The summed E-state index contributed by atoms with van der Waals surface area (Å²) in [4.78, 5) is 4.35. The zero-order valence-corrected chi connectivity index (χ0v) is 9.17. The van der Waals surface area contributed by atoms with Gasteiger partial charge in [0.25, 0.3) is 0 Å². The van der Waals surface area contributed by atoms with Gasteiger partial charge in [-0.3, -0.25) is 4.99 Å². The summed E-state index contributed by atoms with van der Waals surface area (Å²) in [6, 6.07) is 4.16. The predicted octanol–water partition coefficient (Wildman–Crippen LogP) is 3.25. The van der Waals surface area contributed by atoms with Gasteiger partial charge in [0.1, 0.15) is 0 Å². The first kappa shape index (κ1) is 10.8. The van der Waals surface area contributed by atoms with Gasteiger partial charge in [0.05, 0.1) is 11.4 Å². The van der Waals surface area contributed by atoms with Gasteiger partial charge in [-0.25, -0.2) is 0 Å². The lowest BCUT2D eigenvalue weighted by atomic mass is 10.1. The number of nitrogen functional groups attached to an aromatic ring is 1. The molecule has 0 radical (unpaired) electrons. The number of hydrogen-bond acceptors (Lipinski definition) is 2. The van der Waals surface area contributed by atoms with E-state index in [4.69, 9.17) is 5.73 Å². The Kier molecular flexibility index (Phi) is 3.69. The third-order valence-electron chi connectivity index (χ3n) is 2.20. The van der Waals surface area contributed by atoms with Gasteiger partial charge in [0, 0.05) is 6.21 Å². The van der Waals surface area contributed by atoms with E-state index in [2.05, 4.69) is 31.8 Å². The highest BCUT2D eigenvalue weighted by Crippen LogP contribution is 2.27. The van der Waals surface area contributed by atoms with E-state index in [0.717, 1.165) is 29.8 Å². The molecule has 14 heavy (non-hydrogen) atoms. The maximum absolute atomic E-state index is 5.92. The van der Waals surface area contributed by atoms with Crippen molar-refractivity contribution >= 4 is 17.6 Å². The first-order chi connectivity index (χ1) is 6.69. The van der Waals surface area contributed by atoms with E-state index in [1.807, 2.05) is 12.3 Å². The highest BCUT2D eigenvalue weighted by atomic mass is 14.8. The van der Waals surface area contributed by atoms with Crippen LogP contribution in [-0.2, 0) is 6.42 Å². The lowest BCUT2D eigenvalue weighted by molar-refractivity contribution is 1.13. The normalized spacial score (nSPS) is 11.1. The van der Waals surface area contributed by atoms with E-state index in [1.165, 1.54) is 5.56 Å². The molecule has 0 aliphatic rings. The fraction of sp³-hybridized carbons (Fsp3) is 0.417. The zero-order valence-electron chi connectivity index (χ0n) is 9.17. The Bertz CT molecular complexity index is 317. The van der Waals surface area contributed by atoms with E-state index in [0.29, 0.717) is 0 Å². The number of nitrogens with zero attached hydrogens (tertiary/aromatic N) is 1. The molecule has 0 amide bonds. The molecule has 0 heterocycles. The molecule has 2 N–H and O–H groups in total. The molecule has 2 heteroatoms. The lowest BCUT2D eigenvalue weighted by Gasteiger charge is -2.07. The second-order valence-corrected chi connectivity index (χ2v) is 3.42. The summed E-state index contributed by atoms with van der Waals surface area (Å²) in [6.45, 7) is 6.25. The summed E-state index contributed by atoms with van der Waals surface area (Å²) in [5.41, 5.74) is 10.1. The standard InChI is InChI=1S/C12H18N2/c1-4-6-14-12-9(3)7-10(5-2)8-11(12)13/h6-8H,4-5,13H2,1-3H3. The van der Waals surface area contributed by atoms with Gasteiger partial charge in [-0.05, 0) is 37.0 Å². The first-order valence-electron chi connectivity index (χ1n) is 5.10. The van der Waals surface area contributed by atoms with Crippen LogP contribution in [0.1, 0.15) is 31.4 Å². The van der Waals surface area contributed by atoms with Gasteiger partial charge in [-0.15, -0.1) is 0 Å².